The minimum absolute atomic E-state index is 0.464. The number of rotatable bonds is 6. The van der Waals surface area contributed by atoms with Crippen molar-refractivity contribution < 1.29 is 14.4 Å². The highest BCUT2D eigenvalue weighted by Crippen LogP contribution is 2.18. The second kappa shape index (κ2) is 8.11. The van der Waals surface area contributed by atoms with Crippen LogP contribution in [0.5, 0.6) is 5.75 Å². The van der Waals surface area contributed by atoms with E-state index in [1.54, 1.807) is 25.3 Å². The highest BCUT2D eigenvalue weighted by Gasteiger charge is 2.12. The molecule has 0 aromatic heterocycles. The Kier molecular flexibility index (Phi) is 6.17. The second-order valence-electron chi connectivity index (χ2n) is 4.64. The smallest absolute Gasteiger partial charge is 0.356 e. The topological polar surface area (TPSA) is 73.6 Å². The second-order valence-corrected chi connectivity index (χ2v) is 5.89. The van der Waals surface area contributed by atoms with Crippen LogP contribution in [-0.4, -0.2) is 19.2 Å². The summed E-state index contributed by atoms with van der Waals surface area (Å²) in [6.45, 7) is 0. The average Bonchev–Trinajstić information content (AvgIpc) is 2.53. The lowest BCUT2D eigenvalue weighted by atomic mass is 10.1. The van der Waals surface area contributed by atoms with E-state index in [0.717, 1.165) is 14.9 Å². The highest BCUT2D eigenvalue weighted by atomic mass is 127. The third kappa shape index (κ3) is 4.69. The third-order valence-corrected chi connectivity index (χ3v) is 3.67. The Hall–Kier alpha value is -1.64. The van der Waals surface area contributed by atoms with Gasteiger partial charge in [-0.2, -0.15) is 0 Å². The summed E-state index contributed by atoms with van der Waals surface area (Å²) in [5, 5.41) is 0. The SMILES string of the molecule is COc1ccccc1CC(N)NOC(=O)c1cccc(I)c1. The molecule has 2 aromatic carbocycles. The van der Waals surface area contributed by atoms with Crippen molar-refractivity contribution in [1.29, 1.82) is 0 Å². The number of carbonyl (C=O) groups is 1. The molecule has 0 saturated carbocycles. The number of methoxy groups -OCH3 is 1. The van der Waals surface area contributed by atoms with E-state index in [1.165, 1.54) is 0 Å². The average molecular weight is 412 g/mol. The lowest BCUT2D eigenvalue weighted by Gasteiger charge is -2.15. The number of nitrogens with one attached hydrogen (secondary N) is 1. The molecule has 3 N–H and O–H groups in total. The summed E-state index contributed by atoms with van der Waals surface area (Å²) in [6.07, 6.45) is -0.0492. The Balaban J connectivity index is 1.90. The summed E-state index contributed by atoms with van der Waals surface area (Å²) in [5.74, 6) is 0.290. The van der Waals surface area contributed by atoms with Gasteiger partial charge < -0.3 is 15.3 Å². The Morgan fingerprint density at radius 2 is 2.05 bits per heavy atom. The van der Waals surface area contributed by atoms with Crippen LogP contribution >= 0.6 is 22.6 Å². The van der Waals surface area contributed by atoms with Gasteiger partial charge in [-0.15, -0.1) is 5.48 Å². The molecule has 1 unspecified atom stereocenters. The number of halogens is 1. The molecule has 0 bridgehead atoms. The van der Waals surface area contributed by atoms with Gasteiger partial charge in [0.15, 0.2) is 0 Å². The van der Waals surface area contributed by atoms with Crippen molar-refractivity contribution in [3.63, 3.8) is 0 Å². The zero-order valence-corrected chi connectivity index (χ0v) is 14.2. The van der Waals surface area contributed by atoms with Crippen LogP contribution < -0.4 is 16.0 Å². The van der Waals surface area contributed by atoms with Crippen LogP contribution in [0.4, 0.5) is 0 Å². The first-order chi connectivity index (χ1) is 10.6. The van der Waals surface area contributed by atoms with Gasteiger partial charge in [0.25, 0.3) is 0 Å². The first kappa shape index (κ1) is 16.7. The molecule has 0 heterocycles. The van der Waals surface area contributed by atoms with Crippen LogP contribution in [0.1, 0.15) is 15.9 Å². The lowest BCUT2D eigenvalue weighted by molar-refractivity contribution is 0.0159. The van der Waals surface area contributed by atoms with Crippen LogP contribution in [0.3, 0.4) is 0 Å². The molecule has 1 atom stereocenters. The largest absolute Gasteiger partial charge is 0.496 e. The van der Waals surface area contributed by atoms with E-state index in [1.807, 2.05) is 30.3 Å². The van der Waals surface area contributed by atoms with Crippen LogP contribution in [0.15, 0.2) is 48.5 Å². The van der Waals surface area contributed by atoms with E-state index < -0.39 is 12.1 Å². The third-order valence-electron chi connectivity index (χ3n) is 3.00. The molecule has 0 fully saturated rings. The molecule has 0 aliphatic carbocycles. The number of hydrogen-bond donors (Lipinski definition) is 2. The monoisotopic (exact) mass is 412 g/mol. The maximum atomic E-state index is 11.9. The summed E-state index contributed by atoms with van der Waals surface area (Å²) in [4.78, 5) is 16.9. The van der Waals surface area contributed by atoms with Crippen molar-refractivity contribution in [2.75, 3.05) is 7.11 Å². The maximum Gasteiger partial charge on any atom is 0.356 e. The van der Waals surface area contributed by atoms with Crippen molar-refractivity contribution in [2.45, 2.75) is 12.6 Å². The van der Waals surface area contributed by atoms with Crippen molar-refractivity contribution >= 4 is 28.6 Å². The highest BCUT2D eigenvalue weighted by molar-refractivity contribution is 14.1. The van der Waals surface area contributed by atoms with Gasteiger partial charge in [-0.25, -0.2) is 4.79 Å². The van der Waals surface area contributed by atoms with Crippen LogP contribution in [0, 0.1) is 3.57 Å². The van der Waals surface area contributed by atoms with Crippen LogP contribution in [0.2, 0.25) is 0 Å². The fraction of sp³-hybridized carbons (Fsp3) is 0.188. The predicted octanol–water partition coefficient (Wildman–Crippen LogP) is 2.49. The van der Waals surface area contributed by atoms with Crippen molar-refractivity contribution in [1.82, 2.24) is 5.48 Å². The van der Waals surface area contributed by atoms with Gasteiger partial charge in [0.2, 0.25) is 0 Å². The summed E-state index contributed by atoms with van der Waals surface area (Å²) < 4.78 is 6.23. The minimum Gasteiger partial charge on any atom is -0.496 e. The molecular formula is C16H17IN2O3. The summed E-state index contributed by atoms with van der Waals surface area (Å²) >= 11 is 2.14. The Morgan fingerprint density at radius 3 is 2.77 bits per heavy atom. The summed E-state index contributed by atoms with van der Waals surface area (Å²) in [6, 6.07) is 14.7. The van der Waals surface area contributed by atoms with Gasteiger partial charge in [0, 0.05) is 9.99 Å². The van der Waals surface area contributed by atoms with Gasteiger partial charge in [0.1, 0.15) is 5.75 Å². The summed E-state index contributed by atoms with van der Waals surface area (Å²) in [5.41, 5.74) is 9.93. The Labute approximate surface area is 142 Å². The number of ether oxygens (including phenoxy) is 1. The van der Waals surface area contributed by atoms with Crippen molar-refractivity contribution in [3.05, 3.63) is 63.2 Å². The molecule has 6 heteroatoms. The Bertz CT molecular complexity index is 649. The first-order valence-corrected chi connectivity index (χ1v) is 7.78. The zero-order valence-electron chi connectivity index (χ0n) is 12.1. The molecule has 5 nitrogen and oxygen atoms in total. The number of hydrogen-bond acceptors (Lipinski definition) is 5. The number of benzene rings is 2. The summed E-state index contributed by atoms with van der Waals surface area (Å²) in [7, 11) is 1.61. The number of hydroxylamine groups is 1. The van der Waals surface area contributed by atoms with Gasteiger partial charge >= 0.3 is 5.97 Å². The first-order valence-electron chi connectivity index (χ1n) is 6.70. The van der Waals surface area contributed by atoms with E-state index in [4.69, 9.17) is 15.3 Å². The molecule has 0 amide bonds. The van der Waals surface area contributed by atoms with E-state index in [9.17, 15) is 4.79 Å². The van der Waals surface area contributed by atoms with E-state index in [2.05, 4.69) is 28.1 Å². The molecule has 0 radical (unpaired) electrons. The van der Waals surface area contributed by atoms with Crippen LogP contribution in [-0.2, 0) is 11.3 Å². The van der Waals surface area contributed by atoms with Gasteiger partial charge in [0.05, 0.1) is 18.8 Å². The predicted molar refractivity (Wildman–Crippen MR) is 92.4 cm³/mol. The van der Waals surface area contributed by atoms with Gasteiger partial charge in [-0.3, -0.25) is 0 Å². The lowest BCUT2D eigenvalue weighted by Crippen LogP contribution is -2.40. The van der Waals surface area contributed by atoms with Crippen molar-refractivity contribution in [3.8, 4) is 5.75 Å². The fourth-order valence-electron chi connectivity index (χ4n) is 1.95. The minimum atomic E-state index is -0.525. The quantitative estimate of drug-likeness (QED) is 0.434. The van der Waals surface area contributed by atoms with Crippen LogP contribution in [0.25, 0.3) is 0 Å². The molecule has 0 saturated heterocycles. The standard InChI is InChI=1S/C16H17IN2O3/c1-21-14-8-3-2-5-11(14)10-15(18)19-22-16(20)12-6-4-7-13(17)9-12/h2-9,15,19H,10,18H2,1H3. The fourth-order valence-corrected chi connectivity index (χ4v) is 2.50. The molecular weight excluding hydrogens is 395 g/mol. The maximum absolute atomic E-state index is 11.9. The van der Waals surface area contributed by atoms with Crippen molar-refractivity contribution in [2.24, 2.45) is 5.73 Å². The van der Waals surface area contributed by atoms with E-state index in [-0.39, 0.29) is 0 Å². The Morgan fingerprint density at radius 1 is 1.27 bits per heavy atom. The molecule has 2 aromatic rings. The molecule has 0 aliphatic heterocycles. The molecule has 0 spiro atoms. The van der Waals surface area contributed by atoms with Gasteiger partial charge in [-0.05, 0) is 52.4 Å². The number of nitrogens with two attached hydrogens (primary N) is 1. The number of carbonyl (C=O) groups excluding carboxylic acids is 1. The molecule has 0 aliphatic rings. The van der Waals surface area contributed by atoms with Gasteiger partial charge in [-0.1, -0.05) is 24.3 Å². The molecule has 116 valence electrons. The molecule has 2 rings (SSSR count). The number of para-hydroxylation sites is 1. The zero-order chi connectivity index (χ0) is 15.9. The normalized spacial score (nSPS) is 11.8. The van der Waals surface area contributed by atoms with E-state index in [0.29, 0.717) is 12.0 Å². The van der Waals surface area contributed by atoms with E-state index >= 15 is 0 Å². The molecule has 22 heavy (non-hydrogen) atoms.